The van der Waals surface area contributed by atoms with E-state index in [4.69, 9.17) is 9.52 Å². The summed E-state index contributed by atoms with van der Waals surface area (Å²) in [7, 11) is 0. The fourth-order valence-corrected chi connectivity index (χ4v) is 3.82. The molecule has 0 aliphatic carbocycles. The Labute approximate surface area is 202 Å². The summed E-state index contributed by atoms with van der Waals surface area (Å²) in [5, 5.41) is 4.81. The smallest absolute Gasteiger partial charge is 0.155 e. The number of furan rings is 1. The van der Waals surface area contributed by atoms with E-state index in [1.54, 1.807) is 0 Å². The Balaban J connectivity index is 1.55. The molecule has 3 aromatic carbocycles. The molecular weight excluding hydrogens is 530 g/mol. The molecular formula is C26H17Br2N3O. The monoisotopic (exact) mass is 545 g/mol. The highest BCUT2D eigenvalue weighted by atomic mass is 79.9. The van der Waals surface area contributed by atoms with Gasteiger partial charge in [0.2, 0.25) is 0 Å². The zero-order valence-corrected chi connectivity index (χ0v) is 20.0. The number of rotatable bonds is 5. The highest BCUT2D eigenvalue weighted by Gasteiger charge is 2.15. The van der Waals surface area contributed by atoms with Crippen LogP contribution in [0.2, 0.25) is 0 Å². The number of halogens is 2. The molecule has 0 saturated carbocycles. The third-order valence-corrected chi connectivity index (χ3v) is 5.97. The Kier molecular flexibility index (Phi) is 5.88. The number of hydrogen-bond donors (Lipinski definition) is 0. The van der Waals surface area contributed by atoms with E-state index in [0.717, 1.165) is 42.9 Å². The predicted molar refractivity (Wildman–Crippen MR) is 136 cm³/mol. The molecule has 6 heteroatoms. The van der Waals surface area contributed by atoms with E-state index in [-0.39, 0.29) is 0 Å². The van der Waals surface area contributed by atoms with Gasteiger partial charge < -0.3 is 4.42 Å². The highest BCUT2D eigenvalue weighted by Crippen LogP contribution is 2.31. The average molecular weight is 547 g/mol. The van der Waals surface area contributed by atoms with Crippen molar-refractivity contribution in [2.45, 2.75) is 0 Å². The molecule has 0 unspecified atom stereocenters. The number of aliphatic imine (C=N–C) groups is 1. The number of benzene rings is 3. The third-order valence-electron chi connectivity index (χ3n) is 4.91. The van der Waals surface area contributed by atoms with Crippen molar-refractivity contribution in [2.75, 3.05) is 0 Å². The van der Waals surface area contributed by atoms with Crippen LogP contribution in [0.15, 0.2) is 116 Å². The van der Waals surface area contributed by atoms with Crippen LogP contribution < -0.4 is 0 Å². The van der Waals surface area contributed by atoms with E-state index < -0.39 is 0 Å². The predicted octanol–water partition coefficient (Wildman–Crippen LogP) is 8.07. The molecule has 0 saturated heterocycles. The maximum atomic E-state index is 6.19. The van der Waals surface area contributed by atoms with E-state index in [2.05, 4.69) is 36.9 Å². The Bertz CT molecular complexity index is 1370. The molecule has 0 aliphatic rings. The third kappa shape index (κ3) is 4.52. The summed E-state index contributed by atoms with van der Waals surface area (Å²) in [6.07, 6.45) is 3.79. The van der Waals surface area contributed by atoms with Gasteiger partial charge in [-0.1, -0.05) is 62.2 Å². The van der Waals surface area contributed by atoms with E-state index in [9.17, 15) is 0 Å². The van der Waals surface area contributed by atoms with Crippen LogP contribution in [-0.2, 0) is 0 Å². The van der Waals surface area contributed by atoms with Crippen LogP contribution in [0.25, 0.3) is 28.5 Å². The molecule has 0 aliphatic heterocycles. The lowest BCUT2D eigenvalue weighted by Gasteiger charge is -1.99. The number of aromatic nitrogens is 2. The lowest BCUT2D eigenvalue weighted by Crippen LogP contribution is -1.93. The molecule has 2 heterocycles. The first-order chi connectivity index (χ1) is 15.7. The summed E-state index contributed by atoms with van der Waals surface area (Å²) >= 11 is 6.93. The zero-order chi connectivity index (χ0) is 21.9. The Hall–Kier alpha value is -3.22. The summed E-state index contributed by atoms with van der Waals surface area (Å²) in [5.74, 6) is 1.48. The van der Waals surface area contributed by atoms with Gasteiger partial charge in [0, 0.05) is 32.5 Å². The minimum atomic E-state index is 0.690. The summed E-state index contributed by atoms with van der Waals surface area (Å²) in [6.45, 7) is 0. The van der Waals surface area contributed by atoms with E-state index in [1.807, 2.05) is 108 Å². The quantitative estimate of drug-likeness (QED) is 0.209. The van der Waals surface area contributed by atoms with E-state index in [1.165, 1.54) is 0 Å². The maximum Gasteiger partial charge on any atom is 0.155 e. The number of para-hydroxylation sites is 1. The minimum absolute atomic E-state index is 0.690. The molecule has 0 spiro atoms. The van der Waals surface area contributed by atoms with Crippen LogP contribution in [0.4, 0.5) is 5.69 Å². The average Bonchev–Trinajstić information content (AvgIpc) is 3.47. The first-order valence-corrected chi connectivity index (χ1v) is 11.6. The molecule has 0 bridgehead atoms. The lowest BCUT2D eigenvalue weighted by atomic mass is 10.2. The van der Waals surface area contributed by atoms with Gasteiger partial charge in [0.15, 0.2) is 5.76 Å². The molecule has 5 aromatic rings. The van der Waals surface area contributed by atoms with Gasteiger partial charge in [-0.15, -0.1) is 0 Å². The summed E-state index contributed by atoms with van der Waals surface area (Å²) < 4.78 is 10.1. The van der Waals surface area contributed by atoms with Crippen molar-refractivity contribution >= 4 is 43.8 Å². The van der Waals surface area contributed by atoms with Crippen molar-refractivity contribution < 1.29 is 4.42 Å². The molecule has 0 radical (unpaired) electrons. The van der Waals surface area contributed by atoms with E-state index in [0.29, 0.717) is 5.76 Å². The standard InChI is InChI=1S/C26H17Br2N3O/c27-20-8-6-18(7-9-20)24-14-15-25(32-24)26-19(16-29-22-12-10-21(28)11-13-22)17-31(30-26)23-4-2-1-3-5-23/h1-17H. The maximum absolute atomic E-state index is 6.19. The molecule has 5 rings (SSSR count). The molecule has 0 fully saturated rings. The van der Waals surface area contributed by atoms with Gasteiger partial charge in [0.25, 0.3) is 0 Å². The normalized spacial score (nSPS) is 11.3. The second-order valence-electron chi connectivity index (χ2n) is 7.12. The number of hydrogen-bond acceptors (Lipinski definition) is 3. The Morgan fingerprint density at radius 3 is 2.12 bits per heavy atom. The lowest BCUT2D eigenvalue weighted by molar-refractivity contribution is 0.593. The molecule has 0 amide bonds. The van der Waals surface area contributed by atoms with Crippen LogP contribution in [0.1, 0.15) is 5.56 Å². The van der Waals surface area contributed by atoms with Gasteiger partial charge in [-0.05, 0) is 60.7 Å². The Morgan fingerprint density at radius 1 is 0.750 bits per heavy atom. The van der Waals surface area contributed by atoms with Gasteiger partial charge in [-0.2, -0.15) is 5.10 Å². The van der Waals surface area contributed by atoms with Crippen LogP contribution in [0, 0.1) is 0 Å². The highest BCUT2D eigenvalue weighted by molar-refractivity contribution is 9.10. The SMILES string of the molecule is Brc1ccc(N=Cc2cn(-c3ccccc3)nc2-c2ccc(-c3ccc(Br)cc3)o2)cc1. The Morgan fingerprint density at radius 2 is 1.41 bits per heavy atom. The summed E-state index contributed by atoms with van der Waals surface area (Å²) in [4.78, 5) is 4.64. The van der Waals surface area contributed by atoms with Crippen molar-refractivity contribution in [3.05, 3.63) is 112 Å². The minimum Gasteiger partial charge on any atom is -0.454 e. The molecule has 2 aromatic heterocycles. The summed E-state index contributed by atoms with van der Waals surface area (Å²) in [6, 6.07) is 29.8. The van der Waals surface area contributed by atoms with Gasteiger partial charge in [-0.3, -0.25) is 4.99 Å². The molecule has 4 nitrogen and oxygen atoms in total. The van der Waals surface area contributed by atoms with Crippen LogP contribution in [0.5, 0.6) is 0 Å². The van der Waals surface area contributed by atoms with Crippen molar-refractivity contribution in [1.29, 1.82) is 0 Å². The van der Waals surface area contributed by atoms with Crippen LogP contribution in [0.3, 0.4) is 0 Å². The molecule has 156 valence electrons. The second-order valence-corrected chi connectivity index (χ2v) is 8.95. The van der Waals surface area contributed by atoms with Gasteiger partial charge in [-0.25, -0.2) is 4.68 Å². The van der Waals surface area contributed by atoms with Crippen LogP contribution >= 0.6 is 31.9 Å². The number of nitrogens with zero attached hydrogens (tertiary/aromatic N) is 3. The molecule has 0 atom stereocenters. The van der Waals surface area contributed by atoms with Gasteiger partial charge >= 0.3 is 0 Å². The first kappa shape index (κ1) is 20.7. The van der Waals surface area contributed by atoms with Crippen molar-refractivity contribution in [2.24, 2.45) is 4.99 Å². The van der Waals surface area contributed by atoms with E-state index >= 15 is 0 Å². The molecule has 32 heavy (non-hydrogen) atoms. The topological polar surface area (TPSA) is 43.3 Å². The fourth-order valence-electron chi connectivity index (χ4n) is 3.29. The van der Waals surface area contributed by atoms with Gasteiger partial charge in [0.05, 0.1) is 11.4 Å². The molecule has 0 N–H and O–H groups in total. The first-order valence-electron chi connectivity index (χ1n) is 9.96. The van der Waals surface area contributed by atoms with Crippen molar-refractivity contribution in [3.63, 3.8) is 0 Å². The zero-order valence-electron chi connectivity index (χ0n) is 16.8. The summed E-state index contributed by atoms with van der Waals surface area (Å²) in [5.41, 5.74) is 4.44. The van der Waals surface area contributed by atoms with Gasteiger partial charge in [0.1, 0.15) is 11.5 Å². The van der Waals surface area contributed by atoms with Crippen molar-refractivity contribution in [3.8, 4) is 28.5 Å². The fraction of sp³-hybridized carbons (Fsp3) is 0. The van der Waals surface area contributed by atoms with Crippen LogP contribution in [-0.4, -0.2) is 16.0 Å². The second kappa shape index (κ2) is 9.10. The largest absolute Gasteiger partial charge is 0.454 e. The van der Waals surface area contributed by atoms with Crippen molar-refractivity contribution in [1.82, 2.24) is 9.78 Å².